The van der Waals surface area contributed by atoms with Crippen molar-refractivity contribution in [1.82, 2.24) is 19.9 Å². The van der Waals surface area contributed by atoms with Crippen molar-refractivity contribution in [3.63, 3.8) is 0 Å². The predicted octanol–water partition coefficient (Wildman–Crippen LogP) is 4.15. The zero-order valence-electron chi connectivity index (χ0n) is 17.3. The molecule has 3 aromatic rings. The molecule has 3 N–H and O–H groups in total. The molecule has 2 aliphatic carbocycles. The largest absolute Gasteiger partial charge is 0.342 e. The Morgan fingerprint density at radius 3 is 2.79 bits per heavy atom. The number of hydrogen-bond acceptors (Lipinski definition) is 4. The van der Waals surface area contributed by atoms with Gasteiger partial charge in [0, 0.05) is 24.2 Å². The van der Waals surface area contributed by atoms with Crippen LogP contribution in [-0.4, -0.2) is 38.5 Å². The van der Waals surface area contributed by atoms with Gasteiger partial charge in [-0.05, 0) is 75.8 Å². The van der Waals surface area contributed by atoms with Crippen molar-refractivity contribution in [3.8, 4) is 0 Å². The zero-order valence-corrected chi connectivity index (χ0v) is 17.3. The molecule has 2 heterocycles. The first-order valence-electron chi connectivity index (χ1n) is 11.0. The molecule has 5 heteroatoms. The van der Waals surface area contributed by atoms with E-state index in [2.05, 4.69) is 53.3 Å². The number of H-pyrrole nitrogens is 1. The third kappa shape index (κ3) is 3.47. The lowest BCUT2D eigenvalue weighted by Crippen LogP contribution is -2.54. The summed E-state index contributed by atoms with van der Waals surface area (Å²) in [7, 11) is 2.31. The number of hydrogen-bond donors (Lipinski definition) is 2. The Bertz CT molecular complexity index is 953. The smallest absolute Gasteiger partial charge is 0.109 e. The van der Waals surface area contributed by atoms with Crippen LogP contribution >= 0.6 is 0 Å². The topological polar surface area (TPSA) is 70.8 Å². The third-order valence-electron chi connectivity index (χ3n) is 7.28. The first-order chi connectivity index (χ1) is 14.1. The van der Waals surface area contributed by atoms with Crippen LogP contribution in [0.2, 0.25) is 0 Å². The summed E-state index contributed by atoms with van der Waals surface area (Å²) in [6.45, 7) is 0. The fourth-order valence-electron chi connectivity index (χ4n) is 5.53. The molecule has 0 aliphatic heterocycles. The van der Waals surface area contributed by atoms with Crippen molar-refractivity contribution >= 4 is 11.0 Å². The average molecular weight is 390 g/mol. The van der Waals surface area contributed by atoms with Crippen molar-refractivity contribution in [1.29, 1.82) is 0 Å². The molecule has 5 nitrogen and oxygen atoms in total. The first kappa shape index (κ1) is 18.8. The number of aromatic nitrogens is 3. The third-order valence-corrected chi connectivity index (χ3v) is 7.28. The second kappa shape index (κ2) is 7.54. The molecule has 152 valence electrons. The summed E-state index contributed by atoms with van der Waals surface area (Å²) in [4.78, 5) is 15.9. The number of aromatic amines is 1. The van der Waals surface area contributed by atoms with E-state index >= 15 is 0 Å². The Labute approximate surface area is 172 Å². The van der Waals surface area contributed by atoms with E-state index in [1.807, 2.05) is 6.20 Å². The van der Waals surface area contributed by atoms with Crippen LogP contribution in [-0.2, 0) is 12.8 Å². The highest BCUT2D eigenvalue weighted by Gasteiger charge is 2.43. The second-order valence-corrected chi connectivity index (χ2v) is 9.01. The fourth-order valence-corrected chi connectivity index (χ4v) is 5.53. The fraction of sp³-hybridized carbons (Fsp3) is 0.500. The Kier molecular flexibility index (Phi) is 4.88. The molecule has 0 amide bonds. The molecule has 29 heavy (non-hydrogen) atoms. The molecule has 0 spiro atoms. The van der Waals surface area contributed by atoms with E-state index in [1.54, 1.807) is 0 Å². The van der Waals surface area contributed by atoms with E-state index in [-0.39, 0.29) is 5.54 Å². The van der Waals surface area contributed by atoms with E-state index < -0.39 is 0 Å². The lowest BCUT2D eigenvalue weighted by atomic mass is 9.74. The van der Waals surface area contributed by atoms with Gasteiger partial charge in [-0.3, -0.25) is 9.88 Å². The highest BCUT2D eigenvalue weighted by atomic mass is 15.2. The van der Waals surface area contributed by atoms with Crippen molar-refractivity contribution in [3.05, 3.63) is 59.7 Å². The quantitative estimate of drug-likeness (QED) is 0.703. The highest BCUT2D eigenvalue weighted by Crippen LogP contribution is 2.43. The molecule has 1 atom stereocenters. The van der Waals surface area contributed by atoms with Gasteiger partial charge in [-0.15, -0.1) is 0 Å². The van der Waals surface area contributed by atoms with Crippen LogP contribution in [0.15, 0.2) is 42.6 Å². The van der Waals surface area contributed by atoms with Gasteiger partial charge >= 0.3 is 0 Å². The van der Waals surface area contributed by atoms with Crippen LogP contribution in [0.1, 0.15) is 61.6 Å². The number of nitrogens with two attached hydrogens (primary N) is 1. The minimum absolute atomic E-state index is 0.0700. The molecule has 1 aromatic carbocycles. The maximum absolute atomic E-state index is 6.31. The number of likely N-dealkylation sites (N-methyl/N-ethyl adjacent to an activating group) is 1. The second-order valence-electron chi connectivity index (χ2n) is 9.01. The normalized spacial score (nSPS) is 27.3. The number of benzene rings is 1. The number of pyridine rings is 1. The van der Waals surface area contributed by atoms with Crippen molar-refractivity contribution in [2.24, 2.45) is 5.73 Å². The molecule has 1 unspecified atom stereocenters. The van der Waals surface area contributed by atoms with Crippen LogP contribution in [0.25, 0.3) is 11.0 Å². The van der Waals surface area contributed by atoms with Gasteiger partial charge in [0.05, 0.1) is 22.8 Å². The summed E-state index contributed by atoms with van der Waals surface area (Å²) in [5.41, 5.74) is 11.3. The lowest BCUT2D eigenvalue weighted by Gasteiger charge is -2.50. The van der Waals surface area contributed by atoms with Gasteiger partial charge in [0.25, 0.3) is 0 Å². The molecule has 2 aromatic heterocycles. The van der Waals surface area contributed by atoms with Crippen LogP contribution in [0, 0.1) is 0 Å². The number of aryl methyl sites for hydroxylation is 1. The van der Waals surface area contributed by atoms with Gasteiger partial charge < -0.3 is 10.7 Å². The molecule has 0 bridgehead atoms. The van der Waals surface area contributed by atoms with Gasteiger partial charge in [0.1, 0.15) is 5.82 Å². The maximum Gasteiger partial charge on any atom is 0.109 e. The summed E-state index contributed by atoms with van der Waals surface area (Å²) in [5.74, 6) is 1.09. The predicted molar refractivity (Wildman–Crippen MR) is 117 cm³/mol. The van der Waals surface area contributed by atoms with Crippen molar-refractivity contribution in [2.75, 3.05) is 7.05 Å². The van der Waals surface area contributed by atoms with Crippen molar-refractivity contribution < 1.29 is 0 Å². The number of para-hydroxylation sites is 2. The number of imidazole rings is 1. The van der Waals surface area contributed by atoms with Gasteiger partial charge in [0.15, 0.2) is 0 Å². The van der Waals surface area contributed by atoms with Gasteiger partial charge in [-0.25, -0.2) is 4.98 Å². The minimum atomic E-state index is 0.0700. The Morgan fingerprint density at radius 2 is 1.97 bits per heavy atom. The summed E-state index contributed by atoms with van der Waals surface area (Å²) in [6, 6.07) is 13.3. The minimum Gasteiger partial charge on any atom is -0.342 e. The molecule has 1 saturated carbocycles. The monoisotopic (exact) mass is 389 g/mol. The summed E-state index contributed by atoms with van der Waals surface area (Å²) in [6.07, 6.45) is 10.8. The van der Waals surface area contributed by atoms with E-state index in [9.17, 15) is 0 Å². The summed E-state index contributed by atoms with van der Waals surface area (Å²) >= 11 is 0. The highest BCUT2D eigenvalue weighted by molar-refractivity contribution is 5.74. The molecule has 0 radical (unpaired) electrons. The maximum atomic E-state index is 6.31. The van der Waals surface area contributed by atoms with Crippen LogP contribution in [0.4, 0.5) is 0 Å². The molecule has 0 saturated heterocycles. The standard InChI is InChI=1S/C24H31N5/c1-29(21-10-4-6-17-7-5-15-26-23(17)21)24(13-11-18(25)12-14-24)16-22-27-19-8-2-3-9-20(19)28-22/h2-3,5,7-9,15,18,21H,4,6,10-14,16,25H2,1H3,(H,27,28). The van der Waals surface area contributed by atoms with E-state index in [0.29, 0.717) is 12.1 Å². The number of fused-ring (bicyclic) bond motifs is 2. The Morgan fingerprint density at radius 1 is 1.14 bits per heavy atom. The van der Waals surface area contributed by atoms with E-state index in [1.165, 1.54) is 24.1 Å². The molecule has 1 fully saturated rings. The Hall–Kier alpha value is -2.24. The first-order valence-corrected chi connectivity index (χ1v) is 11.0. The van der Waals surface area contributed by atoms with Crippen LogP contribution < -0.4 is 5.73 Å². The number of nitrogens with zero attached hydrogens (tertiary/aromatic N) is 3. The van der Waals surface area contributed by atoms with E-state index in [0.717, 1.165) is 55.4 Å². The number of rotatable bonds is 4. The number of nitrogens with one attached hydrogen (secondary N) is 1. The Balaban J connectivity index is 1.49. The lowest BCUT2D eigenvalue weighted by molar-refractivity contribution is 0.0221. The van der Waals surface area contributed by atoms with Crippen LogP contribution in [0.3, 0.4) is 0 Å². The SMILES string of the molecule is CN(C1CCCc2cccnc21)C1(Cc2nc3ccccc3[nH]2)CCC(N)CC1. The molecular formula is C24H31N5. The van der Waals surface area contributed by atoms with Gasteiger partial charge in [0.2, 0.25) is 0 Å². The summed E-state index contributed by atoms with van der Waals surface area (Å²) in [5, 5.41) is 0. The average Bonchev–Trinajstić information content (AvgIpc) is 3.17. The zero-order chi connectivity index (χ0) is 19.8. The van der Waals surface area contributed by atoms with Gasteiger partial charge in [-0.2, -0.15) is 0 Å². The molecule has 5 rings (SSSR count). The van der Waals surface area contributed by atoms with Gasteiger partial charge in [-0.1, -0.05) is 18.2 Å². The van der Waals surface area contributed by atoms with Crippen molar-refractivity contribution in [2.45, 2.75) is 69.0 Å². The van der Waals surface area contributed by atoms with Crippen LogP contribution in [0.5, 0.6) is 0 Å². The van der Waals surface area contributed by atoms with E-state index in [4.69, 9.17) is 15.7 Å². The molecule has 2 aliphatic rings. The summed E-state index contributed by atoms with van der Waals surface area (Å²) < 4.78 is 0. The molecular weight excluding hydrogens is 358 g/mol.